The fraction of sp³-hybridized carbons (Fsp3) is 0.348. The van der Waals surface area contributed by atoms with Crippen LogP contribution in [0.2, 0.25) is 0 Å². The van der Waals surface area contributed by atoms with Crippen LogP contribution in [0.3, 0.4) is 0 Å². The van der Waals surface area contributed by atoms with E-state index >= 15 is 0 Å². The van der Waals surface area contributed by atoms with Gasteiger partial charge in [-0.2, -0.15) is 0 Å². The number of hydrogen-bond acceptors (Lipinski definition) is 4. The molecule has 0 radical (unpaired) electrons. The van der Waals surface area contributed by atoms with Crippen molar-refractivity contribution in [1.29, 1.82) is 0 Å². The normalized spacial score (nSPS) is 16.4. The summed E-state index contributed by atoms with van der Waals surface area (Å²) in [6, 6.07) is 14.5. The molecule has 1 aliphatic heterocycles. The number of nitrogens with one attached hydrogen (secondary N) is 1. The van der Waals surface area contributed by atoms with Crippen molar-refractivity contribution in [3.05, 3.63) is 69.7 Å². The maximum atomic E-state index is 13.0. The molecule has 2 amide bonds. The molecule has 0 aromatic heterocycles. The van der Waals surface area contributed by atoms with E-state index in [1.54, 1.807) is 4.90 Å². The lowest BCUT2D eigenvalue weighted by molar-refractivity contribution is -0.141. The maximum absolute atomic E-state index is 13.0. The standard InChI is InChI=1S/C23H25BrN2O4/c1-15(27)26-12-11-16-5-3-4-6-19(16)21(26)14-22(28)25-20(13-23(29)30-2)17-7-9-18(24)10-8-17/h3-10,20-21H,11-14H2,1-2H3,(H,25,28). The maximum Gasteiger partial charge on any atom is 0.307 e. The number of esters is 1. The van der Waals surface area contributed by atoms with Crippen molar-refractivity contribution in [3.63, 3.8) is 0 Å². The van der Waals surface area contributed by atoms with E-state index in [0.29, 0.717) is 6.54 Å². The molecule has 0 saturated carbocycles. The number of rotatable bonds is 6. The number of ether oxygens (including phenoxy) is 1. The Balaban J connectivity index is 1.80. The molecule has 6 nitrogen and oxygen atoms in total. The van der Waals surface area contributed by atoms with Gasteiger partial charge in [0.25, 0.3) is 0 Å². The first-order valence-corrected chi connectivity index (χ1v) is 10.6. The smallest absolute Gasteiger partial charge is 0.307 e. The van der Waals surface area contributed by atoms with Crippen LogP contribution in [0.4, 0.5) is 0 Å². The van der Waals surface area contributed by atoms with Crippen molar-refractivity contribution in [2.75, 3.05) is 13.7 Å². The van der Waals surface area contributed by atoms with Crippen LogP contribution >= 0.6 is 15.9 Å². The van der Waals surface area contributed by atoms with Gasteiger partial charge >= 0.3 is 5.97 Å². The predicted octanol–water partition coefficient (Wildman–Crippen LogP) is 3.71. The Morgan fingerprint density at radius 1 is 1.17 bits per heavy atom. The number of carbonyl (C=O) groups excluding carboxylic acids is 3. The van der Waals surface area contributed by atoms with E-state index in [2.05, 4.69) is 21.2 Å². The molecule has 0 bridgehead atoms. The lowest BCUT2D eigenvalue weighted by Gasteiger charge is -2.36. The molecule has 0 spiro atoms. The summed E-state index contributed by atoms with van der Waals surface area (Å²) < 4.78 is 5.71. The monoisotopic (exact) mass is 472 g/mol. The number of carbonyl (C=O) groups is 3. The van der Waals surface area contributed by atoms with Gasteiger partial charge in [-0.05, 0) is 35.2 Å². The third kappa shape index (κ3) is 5.27. The quantitative estimate of drug-likeness (QED) is 0.650. The topological polar surface area (TPSA) is 75.7 Å². The zero-order chi connectivity index (χ0) is 21.7. The van der Waals surface area contributed by atoms with E-state index in [1.807, 2.05) is 48.5 Å². The van der Waals surface area contributed by atoms with Gasteiger partial charge in [0.15, 0.2) is 0 Å². The first kappa shape index (κ1) is 22.0. The highest BCUT2D eigenvalue weighted by atomic mass is 79.9. The Morgan fingerprint density at radius 2 is 1.87 bits per heavy atom. The highest BCUT2D eigenvalue weighted by molar-refractivity contribution is 9.10. The number of nitrogens with zero attached hydrogens (tertiary/aromatic N) is 1. The second-order valence-corrected chi connectivity index (χ2v) is 8.25. The highest BCUT2D eigenvalue weighted by Gasteiger charge is 2.31. The number of fused-ring (bicyclic) bond motifs is 1. The molecule has 1 heterocycles. The summed E-state index contributed by atoms with van der Waals surface area (Å²) in [6.45, 7) is 2.11. The Morgan fingerprint density at radius 3 is 2.53 bits per heavy atom. The van der Waals surface area contributed by atoms with Gasteiger partial charge in [0.1, 0.15) is 0 Å². The van der Waals surface area contributed by atoms with Crippen molar-refractivity contribution in [2.45, 2.75) is 38.3 Å². The number of benzene rings is 2. The zero-order valence-corrected chi connectivity index (χ0v) is 18.6. The fourth-order valence-electron chi connectivity index (χ4n) is 3.87. The zero-order valence-electron chi connectivity index (χ0n) is 17.1. The van der Waals surface area contributed by atoms with Gasteiger partial charge < -0.3 is 15.0 Å². The molecule has 30 heavy (non-hydrogen) atoms. The largest absolute Gasteiger partial charge is 0.469 e. The van der Waals surface area contributed by atoms with Crippen LogP contribution in [0.5, 0.6) is 0 Å². The third-order valence-electron chi connectivity index (χ3n) is 5.40. The van der Waals surface area contributed by atoms with E-state index in [1.165, 1.54) is 14.0 Å². The van der Waals surface area contributed by atoms with Crippen LogP contribution in [0.25, 0.3) is 0 Å². The molecule has 7 heteroatoms. The molecule has 2 atom stereocenters. The molecule has 0 aliphatic carbocycles. The Kier molecular flexibility index (Phi) is 7.26. The van der Waals surface area contributed by atoms with Crippen LogP contribution in [-0.2, 0) is 25.5 Å². The summed E-state index contributed by atoms with van der Waals surface area (Å²) in [5.74, 6) is -0.683. The van der Waals surface area contributed by atoms with Crippen LogP contribution in [0, 0.1) is 0 Å². The van der Waals surface area contributed by atoms with Crippen LogP contribution < -0.4 is 5.32 Å². The molecule has 0 fully saturated rings. The van der Waals surface area contributed by atoms with Crippen LogP contribution in [0.1, 0.15) is 48.5 Å². The second-order valence-electron chi connectivity index (χ2n) is 7.33. The Labute approximate surface area is 184 Å². The fourth-order valence-corrected chi connectivity index (χ4v) is 4.14. The summed E-state index contributed by atoms with van der Waals surface area (Å²) in [6.07, 6.45) is 0.935. The van der Waals surface area contributed by atoms with Gasteiger partial charge in [0, 0.05) is 17.9 Å². The lowest BCUT2D eigenvalue weighted by atomic mass is 9.90. The average molecular weight is 473 g/mol. The summed E-state index contributed by atoms with van der Waals surface area (Å²) >= 11 is 3.39. The highest BCUT2D eigenvalue weighted by Crippen LogP contribution is 2.32. The predicted molar refractivity (Wildman–Crippen MR) is 117 cm³/mol. The van der Waals surface area contributed by atoms with Crippen molar-refractivity contribution >= 4 is 33.7 Å². The molecular formula is C23H25BrN2O4. The van der Waals surface area contributed by atoms with Gasteiger partial charge in [0.2, 0.25) is 11.8 Å². The summed E-state index contributed by atoms with van der Waals surface area (Å²) in [5, 5.41) is 2.96. The molecule has 1 aliphatic rings. The Bertz CT molecular complexity index is 929. The molecule has 158 valence electrons. The number of halogens is 1. The average Bonchev–Trinajstić information content (AvgIpc) is 2.73. The van der Waals surface area contributed by atoms with Gasteiger partial charge in [-0.15, -0.1) is 0 Å². The summed E-state index contributed by atoms with van der Waals surface area (Å²) in [7, 11) is 1.33. The number of hydrogen-bond donors (Lipinski definition) is 1. The first-order valence-electron chi connectivity index (χ1n) is 9.85. The minimum absolute atomic E-state index is 0.0293. The molecule has 2 aromatic rings. The van der Waals surface area contributed by atoms with Gasteiger partial charge in [-0.25, -0.2) is 0 Å². The van der Waals surface area contributed by atoms with Crippen molar-refractivity contribution < 1.29 is 19.1 Å². The third-order valence-corrected chi connectivity index (χ3v) is 5.93. The SMILES string of the molecule is COC(=O)CC(NC(=O)CC1c2ccccc2CCN1C(C)=O)c1ccc(Br)cc1. The van der Waals surface area contributed by atoms with E-state index in [0.717, 1.165) is 27.6 Å². The molecule has 2 unspecified atom stereocenters. The van der Waals surface area contributed by atoms with E-state index in [-0.39, 0.29) is 30.7 Å². The first-order chi connectivity index (χ1) is 14.4. The van der Waals surface area contributed by atoms with Gasteiger partial charge in [-0.3, -0.25) is 14.4 Å². The lowest BCUT2D eigenvalue weighted by Crippen LogP contribution is -2.41. The Hall–Kier alpha value is -2.67. The van der Waals surface area contributed by atoms with E-state index < -0.39 is 12.0 Å². The number of methoxy groups -OCH3 is 1. The number of amides is 2. The van der Waals surface area contributed by atoms with Gasteiger partial charge in [0.05, 0.1) is 32.0 Å². The molecular weight excluding hydrogens is 448 g/mol. The summed E-state index contributed by atoms with van der Waals surface area (Å²) in [4.78, 5) is 38.8. The second kappa shape index (κ2) is 9.89. The summed E-state index contributed by atoms with van der Waals surface area (Å²) in [5.41, 5.74) is 2.97. The van der Waals surface area contributed by atoms with Crippen molar-refractivity contribution in [2.24, 2.45) is 0 Å². The van der Waals surface area contributed by atoms with Crippen molar-refractivity contribution in [3.8, 4) is 0 Å². The van der Waals surface area contributed by atoms with Crippen molar-refractivity contribution in [1.82, 2.24) is 10.2 Å². The van der Waals surface area contributed by atoms with Gasteiger partial charge in [-0.1, -0.05) is 52.3 Å². The van der Waals surface area contributed by atoms with E-state index in [4.69, 9.17) is 4.74 Å². The van der Waals surface area contributed by atoms with E-state index in [9.17, 15) is 14.4 Å². The van der Waals surface area contributed by atoms with Crippen LogP contribution in [-0.4, -0.2) is 36.3 Å². The molecule has 3 rings (SSSR count). The van der Waals surface area contributed by atoms with Crippen LogP contribution in [0.15, 0.2) is 53.0 Å². The molecule has 2 aromatic carbocycles. The molecule has 1 N–H and O–H groups in total. The molecule has 0 saturated heterocycles. The minimum Gasteiger partial charge on any atom is -0.469 e. The minimum atomic E-state index is -0.511.